The third-order valence-corrected chi connectivity index (χ3v) is 1.10. The van der Waals surface area contributed by atoms with Crippen molar-refractivity contribution in [3.05, 3.63) is 23.7 Å². The molecule has 0 fully saturated rings. The van der Waals surface area contributed by atoms with E-state index >= 15 is 0 Å². The monoisotopic (exact) mass is 160 g/mol. The first-order valence-corrected chi connectivity index (χ1v) is 2.67. The molecule has 0 aliphatic heterocycles. The van der Waals surface area contributed by atoms with E-state index in [1.807, 2.05) is 0 Å². The minimum Gasteiger partial charge on any atom is -0.455 e. The van der Waals surface area contributed by atoms with E-state index in [-0.39, 0.29) is 0 Å². The first-order chi connectivity index (χ1) is 5.05. The lowest BCUT2D eigenvalue weighted by Crippen LogP contribution is -2.04. The van der Waals surface area contributed by atoms with Crippen LogP contribution in [-0.2, 0) is 6.18 Å². The topological polar surface area (TPSA) is 13.1 Å². The minimum atomic E-state index is -4.42. The number of alkyl halides is 3. The Morgan fingerprint density at radius 3 is 2.45 bits per heavy atom. The zero-order valence-electron chi connectivity index (χ0n) is 5.27. The van der Waals surface area contributed by atoms with Gasteiger partial charge < -0.3 is 4.42 Å². The maximum Gasteiger partial charge on any atom is 0.420 e. The Hall–Kier alpha value is -1.37. The van der Waals surface area contributed by atoms with Crippen LogP contribution in [0.15, 0.2) is 16.7 Å². The van der Waals surface area contributed by atoms with Gasteiger partial charge in [-0.05, 0) is 12.0 Å². The standard InChI is InChI=1S/C7H3F3O/c1-2-6-5(3-4-11-6)7(8,9)10/h1,3-4H. The zero-order valence-corrected chi connectivity index (χ0v) is 5.27. The molecule has 1 aromatic rings. The van der Waals surface area contributed by atoms with Crippen LogP contribution in [0.25, 0.3) is 0 Å². The first-order valence-electron chi connectivity index (χ1n) is 2.67. The largest absolute Gasteiger partial charge is 0.455 e. The van der Waals surface area contributed by atoms with Gasteiger partial charge in [0.1, 0.15) is 5.56 Å². The van der Waals surface area contributed by atoms with Crippen LogP contribution in [0.3, 0.4) is 0 Å². The molecule has 0 unspecified atom stereocenters. The van der Waals surface area contributed by atoms with Crippen LogP contribution in [0, 0.1) is 12.3 Å². The molecule has 4 heteroatoms. The number of hydrogen-bond donors (Lipinski definition) is 0. The summed E-state index contributed by atoms with van der Waals surface area (Å²) in [7, 11) is 0. The minimum absolute atomic E-state index is 0.475. The van der Waals surface area contributed by atoms with Crippen molar-refractivity contribution in [3.63, 3.8) is 0 Å². The maximum atomic E-state index is 11.9. The van der Waals surface area contributed by atoms with Crippen molar-refractivity contribution in [3.8, 4) is 12.3 Å². The summed E-state index contributed by atoms with van der Waals surface area (Å²) in [6.45, 7) is 0. The van der Waals surface area contributed by atoms with E-state index in [0.29, 0.717) is 0 Å². The molecule has 58 valence electrons. The third kappa shape index (κ3) is 1.37. The number of halogens is 3. The Kier molecular flexibility index (Phi) is 1.65. The van der Waals surface area contributed by atoms with E-state index in [0.717, 1.165) is 12.3 Å². The summed E-state index contributed by atoms with van der Waals surface area (Å²) in [6.07, 6.45) is 1.24. The van der Waals surface area contributed by atoms with Crippen molar-refractivity contribution in [1.29, 1.82) is 0 Å². The molecule has 0 saturated heterocycles. The van der Waals surface area contributed by atoms with Gasteiger partial charge in [-0.25, -0.2) is 0 Å². The predicted octanol–water partition coefficient (Wildman–Crippen LogP) is 2.28. The van der Waals surface area contributed by atoms with Crippen LogP contribution < -0.4 is 0 Å². The summed E-state index contributed by atoms with van der Waals surface area (Å²) >= 11 is 0. The Morgan fingerprint density at radius 1 is 1.45 bits per heavy atom. The molecule has 1 heterocycles. The lowest BCUT2D eigenvalue weighted by atomic mass is 10.2. The smallest absolute Gasteiger partial charge is 0.420 e. The second kappa shape index (κ2) is 2.35. The number of terminal acetylenes is 1. The highest BCUT2D eigenvalue weighted by molar-refractivity contribution is 5.32. The van der Waals surface area contributed by atoms with Crippen molar-refractivity contribution in [2.24, 2.45) is 0 Å². The highest BCUT2D eigenvalue weighted by Crippen LogP contribution is 2.31. The summed E-state index contributed by atoms with van der Waals surface area (Å²) in [5.41, 5.74) is -0.903. The Balaban J connectivity index is 3.15. The van der Waals surface area contributed by atoms with Gasteiger partial charge >= 0.3 is 6.18 Å². The van der Waals surface area contributed by atoms with E-state index < -0.39 is 17.5 Å². The van der Waals surface area contributed by atoms with Crippen molar-refractivity contribution in [2.75, 3.05) is 0 Å². The lowest BCUT2D eigenvalue weighted by molar-refractivity contribution is -0.138. The Bertz CT molecular complexity index is 289. The van der Waals surface area contributed by atoms with Gasteiger partial charge in [-0.3, -0.25) is 0 Å². The fourth-order valence-electron chi connectivity index (χ4n) is 0.644. The second-order valence-corrected chi connectivity index (χ2v) is 1.81. The van der Waals surface area contributed by atoms with E-state index in [9.17, 15) is 13.2 Å². The van der Waals surface area contributed by atoms with Gasteiger partial charge in [0, 0.05) is 0 Å². The molecule has 1 nitrogen and oxygen atoms in total. The van der Waals surface area contributed by atoms with Gasteiger partial charge in [-0.15, -0.1) is 6.42 Å². The SMILES string of the molecule is C#Cc1occc1C(F)(F)F. The summed E-state index contributed by atoms with van der Waals surface area (Å²) in [5.74, 6) is 1.32. The lowest BCUT2D eigenvalue weighted by Gasteiger charge is -2.01. The number of rotatable bonds is 0. The van der Waals surface area contributed by atoms with Gasteiger partial charge in [0.25, 0.3) is 0 Å². The Labute approximate surface area is 60.8 Å². The van der Waals surface area contributed by atoms with E-state index in [4.69, 9.17) is 6.42 Å². The molecule has 0 radical (unpaired) electrons. The quantitative estimate of drug-likeness (QED) is 0.530. The van der Waals surface area contributed by atoms with Crippen molar-refractivity contribution < 1.29 is 17.6 Å². The van der Waals surface area contributed by atoms with Gasteiger partial charge in [0.2, 0.25) is 0 Å². The third-order valence-electron chi connectivity index (χ3n) is 1.10. The van der Waals surface area contributed by atoms with Crippen molar-refractivity contribution in [2.45, 2.75) is 6.18 Å². The van der Waals surface area contributed by atoms with Crippen LogP contribution in [0.1, 0.15) is 11.3 Å². The fraction of sp³-hybridized carbons (Fsp3) is 0.143. The van der Waals surface area contributed by atoms with Crippen molar-refractivity contribution >= 4 is 0 Å². The summed E-state index contributed by atoms with van der Waals surface area (Å²) in [5, 5.41) is 0. The van der Waals surface area contributed by atoms with Crippen LogP contribution in [0.5, 0.6) is 0 Å². The molecule has 0 aliphatic carbocycles. The summed E-state index contributed by atoms with van der Waals surface area (Å²) < 4.78 is 40.1. The van der Waals surface area contributed by atoms with E-state index in [1.165, 1.54) is 0 Å². The highest BCUT2D eigenvalue weighted by Gasteiger charge is 2.34. The summed E-state index contributed by atoms with van der Waals surface area (Å²) in [4.78, 5) is 0. The van der Waals surface area contributed by atoms with E-state index in [2.05, 4.69) is 4.42 Å². The number of furan rings is 1. The molecule has 0 aromatic carbocycles. The normalized spacial score (nSPS) is 11.1. The average Bonchev–Trinajstić information content (AvgIpc) is 2.31. The van der Waals surface area contributed by atoms with Crippen molar-refractivity contribution in [1.82, 2.24) is 0 Å². The number of hydrogen-bond acceptors (Lipinski definition) is 1. The molecule has 0 saturated carbocycles. The molecule has 0 aliphatic rings. The maximum absolute atomic E-state index is 11.9. The van der Waals surface area contributed by atoms with Gasteiger partial charge in [-0.2, -0.15) is 13.2 Å². The van der Waals surface area contributed by atoms with Crippen LogP contribution in [0.4, 0.5) is 13.2 Å². The molecule has 0 amide bonds. The van der Waals surface area contributed by atoms with Crippen LogP contribution in [-0.4, -0.2) is 0 Å². The van der Waals surface area contributed by atoms with Crippen LogP contribution in [0.2, 0.25) is 0 Å². The van der Waals surface area contributed by atoms with Gasteiger partial charge in [0.05, 0.1) is 6.26 Å². The molecule has 0 atom stereocenters. The van der Waals surface area contributed by atoms with Gasteiger partial charge in [0.15, 0.2) is 5.76 Å². The summed E-state index contributed by atoms with van der Waals surface area (Å²) in [6, 6.07) is 0.801. The molecule has 1 rings (SSSR count). The predicted molar refractivity (Wildman–Crippen MR) is 31.6 cm³/mol. The van der Waals surface area contributed by atoms with Crippen LogP contribution >= 0.6 is 0 Å². The average molecular weight is 160 g/mol. The van der Waals surface area contributed by atoms with E-state index in [1.54, 1.807) is 5.92 Å². The molecular formula is C7H3F3O. The molecule has 1 aromatic heterocycles. The zero-order chi connectivity index (χ0) is 8.48. The Morgan fingerprint density at radius 2 is 2.09 bits per heavy atom. The molecule has 0 bridgehead atoms. The molecule has 0 spiro atoms. The molecule has 0 N–H and O–H groups in total. The van der Waals surface area contributed by atoms with Gasteiger partial charge in [-0.1, -0.05) is 0 Å². The second-order valence-electron chi connectivity index (χ2n) is 1.81. The first kappa shape index (κ1) is 7.73. The fourth-order valence-corrected chi connectivity index (χ4v) is 0.644. The molecule has 11 heavy (non-hydrogen) atoms. The molecular weight excluding hydrogens is 157 g/mol. The highest BCUT2D eigenvalue weighted by atomic mass is 19.4.